The molecule has 20 heavy (non-hydrogen) atoms. The lowest BCUT2D eigenvalue weighted by Crippen LogP contribution is -2.32. The van der Waals surface area contributed by atoms with Crippen molar-refractivity contribution in [1.29, 1.82) is 0 Å². The van der Waals surface area contributed by atoms with Crippen LogP contribution in [0, 0.1) is 0 Å². The van der Waals surface area contributed by atoms with Crippen molar-refractivity contribution in [3.8, 4) is 0 Å². The third-order valence-corrected chi connectivity index (χ3v) is 3.77. The van der Waals surface area contributed by atoms with Gasteiger partial charge < -0.3 is 15.7 Å². The topological polar surface area (TPSA) is 91.7 Å². The van der Waals surface area contributed by atoms with Crippen LogP contribution in [0.2, 0.25) is 0 Å². The van der Waals surface area contributed by atoms with Crippen LogP contribution < -0.4 is 10.6 Å². The molecule has 0 unspecified atom stereocenters. The van der Waals surface area contributed by atoms with E-state index in [0.29, 0.717) is 11.2 Å². The molecule has 2 aromatic rings. The summed E-state index contributed by atoms with van der Waals surface area (Å²) in [6.45, 7) is 4.72. The molecule has 0 amide bonds. The highest BCUT2D eigenvalue weighted by Gasteiger charge is 2.19. The van der Waals surface area contributed by atoms with Gasteiger partial charge in [0.25, 0.3) is 0 Å². The minimum absolute atomic E-state index is 0.208. The van der Waals surface area contributed by atoms with E-state index in [9.17, 15) is 0 Å². The first-order valence-corrected chi connectivity index (χ1v) is 6.88. The van der Waals surface area contributed by atoms with Crippen LogP contribution in [0.25, 0.3) is 11.0 Å². The molecule has 3 rings (SSSR count). The number of nitrogens with two attached hydrogens (primary N) is 1. The molecule has 0 radical (unpaired) electrons. The molecule has 3 N–H and O–H groups in total. The van der Waals surface area contributed by atoms with E-state index in [-0.39, 0.29) is 6.61 Å². The van der Waals surface area contributed by atoms with E-state index in [4.69, 9.17) is 15.5 Å². The molecule has 0 aliphatic carbocycles. The van der Waals surface area contributed by atoms with Crippen LogP contribution >= 0.6 is 0 Å². The van der Waals surface area contributed by atoms with Crippen LogP contribution in [0.3, 0.4) is 0 Å². The molecule has 2 heterocycles. The summed E-state index contributed by atoms with van der Waals surface area (Å²) in [6.07, 6.45) is 1.05. The van der Waals surface area contributed by atoms with Gasteiger partial charge in [0.05, 0.1) is 18.0 Å². The number of fused-ring (bicyclic) bond motifs is 1. The monoisotopic (exact) mass is 277 g/mol. The van der Waals surface area contributed by atoms with Crippen molar-refractivity contribution in [3.63, 3.8) is 0 Å². The average Bonchev–Trinajstić information content (AvgIpc) is 2.83. The average molecular weight is 277 g/mol. The Hall–Kier alpha value is -1.86. The van der Waals surface area contributed by atoms with Crippen LogP contribution in [0.5, 0.6) is 0 Å². The van der Waals surface area contributed by atoms with Gasteiger partial charge in [-0.2, -0.15) is 0 Å². The third-order valence-electron chi connectivity index (χ3n) is 3.77. The first-order chi connectivity index (χ1) is 9.79. The Balaban J connectivity index is 1.84. The molecule has 0 spiro atoms. The van der Waals surface area contributed by atoms with Gasteiger partial charge in [-0.15, -0.1) is 0 Å². The van der Waals surface area contributed by atoms with Gasteiger partial charge in [-0.3, -0.25) is 4.90 Å². The highest BCUT2D eigenvalue weighted by molar-refractivity contribution is 5.95. The van der Waals surface area contributed by atoms with Gasteiger partial charge in [0.1, 0.15) is 0 Å². The minimum atomic E-state index is 0.208. The van der Waals surface area contributed by atoms with E-state index < -0.39 is 0 Å². The molecule has 1 fully saturated rings. The standard InChI is InChI=1S/C13H19N5O2/c14-10-2-3-11(13-12(10)15-20-16-13)18-5-1-4-17(6-7-18)8-9-19/h2-3,19H,1,4-9,14H2. The third kappa shape index (κ3) is 2.41. The van der Waals surface area contributed by atoms with Crippen LogP contribution in [0.15, 0.2) is 16.8 Å². The highest BCUT2D eigenvalue weighted by Crippen LogP contribution is 2.28. The number of benzene rings is 1. The molecule has 7 heteroatoms. The Morgan fingerprint density at radius 3 is 2.85 bits per heavy atom. The molecule has 108 valence electrons. The van der Waals surface area contributed by atoms with E-state index >= 15 is 0 Å². The zero-order chi connectivity index (χ0) is 13.9. The molecule has 0 atom stereocenters. The second-order valence-corrected chi connectivity index (χ2v) is 5.04. The van der Waals surface area contributed by atoms with Gasteiger partial charge in [-0.05, 0) is 35.4 Å². The molecule has 1 saturated heterocycles. The summed E-state index contributed by atoms with van der Waals surface area (Å²) in [6, 6.07) is 3.82. The molecule has 1 aliphatic heterocycles. The van der Waals surface area contributed by atoms with Crippen LogP contribution in [-0.4, -0.2) is 59.7 Å². The molecule has 0 saturated carbocycles. The second kappa shape index (κ2) is 5.64. The predicted molar refractivity (Wildman–Crippen MR) is 76.6 cm³/mol. The number of nitrogens with zero attached hydrogens (tertiary/aromatic N) is 4. The molecular weight excluding hydrogens is 258 g/mol. The number of aliphatic hydroxyl groups is 1. The summed E-state index contributed by atoms with van der Waals surface area (Å²) < 4.78 is 4.82. The molecule has 1 aliphatic rings. The lowest BCUT2D eigenvalue weighted by Gasteiger charge is -2.23. The molecular formula is C13H19N5O2. The first-order valence-electron chi connectivity index (χ1n) is 6.88. The summed E-state index contributed by atoms with van der Waals surface area (Å²) in [5, 5.41) is 16.9. The second-order valence-electron chi connectivity index (χ2n) is 5.04. The van der Waals surface area contributed by atoms with Gasteiger partial charge in [0.15, 0.2) is 11.0 Å². The van der Waals surface area contributed by atoms with Crippen molar-refractivity contribution >= 4 is 22.4 Å². The number of nitrogen functional groups attached to an aromatic ring is 1. The minimum Gasteiger partial charge on any atom is -0.397 e. The summed E-state index contributed by atoms with van der Waals surface area (Å²) in [7, 11) is 0. The van der Waals surface area contributed by atoms with E-state index in [2.05, 4.69) is 20.1 Å². The zero-order valence-corrected chi connectivity index (χ0v) is 11.3. The number of hydrogen-bond acceptors (Lipinski definition) is 7. The SMILES string of the molecule is Nc1ccc(N2CCCN(CCO)CC2)c2nonc12. The van der Waals surface area contributed by atoms with Crippen molar-refractivity contribution in [1.82, 2.24) is 15.2 Å². The van der Waals surface area contributed by atoms with Crippen molar-refractivity contribution in [2.45, 2.75) is 6.42 Å². The number of rotatable bonds is 3. The maximum absolute atomic E-state index is 9.04. The normalized spacial score (nSPS) is 17.6. The number of β-amino-alcohol motifs (C(OH)–C–C–N with tert-alkyl or cyclic N) is 1. The first kappa shape index (κ1) is 13.1. The van der Waals surface area contributed by atoms with Gasteiger partial charge >= 0.3 is 0 Å². The maximum Gasteiger partial charge on any atom is 0.160 e. The molecule has 7 nitrogen and oxygen atoms in total. The Labute approximate surface area is 116 Å². The summed E-state index contributed by atoms with van der Waals surface area (Å²) >= 11 is 0. The molecule has 1 aromatic carbocycles. The Morgan fingerprint density at radius 2 is 2.00 bits per heavy atom. The lowest BCUT2D eigenvalue weighted by molar-refractivity contribution is 0.204. The number of aliphatic hydroxyl groups excluding tert-OH is 1. The Bertz CT molecular complexity index is 585. The smallest absolute Gasteiger partial charge is 0.160 e. The quantitative estimate of drug-likeness (QED) is 0.780. The van der Waals surface area contributed by atoms with Gasteiger partial charge in [0, 0.05) is 26.2 Å². The number of aromatic nitrogens is 2. The largest absolute Gasteiger partial charge is 0.397 e. The molecule has 0 bridgehead atoms. The van der Waals surface area contributed by atoms with Crippen molar-refractivity contribution in [3.05, 3.63) is 12.1 Å². The zero-order valence-electron chi connectivity index (χ0n) is 11.3. The Kier molecular flexibility index (Phi) is 3.70. The maximum atomic E-state index is 9.04. The van der Waals surface area contributed by atoms with Gasteiger partial charge in [-0.1, -0.05) is 0 Å². The van der Waals surface area contributed by atoms with Crippen LogP contribution in [0.1, 0.15) is 6.42 Å². The van der Waals surface area contributed by atoms with Crippen molar-refractivity contribution in [2.24, 2.45) is 0 Å². The van der Waals surface area contributed by atoms with Crippen molar-refractivity contribution < 1.29 is 9.74 Å². The van der Waals surface area contributed by atoms with E-state index in [1.807, 2.05) is 12.1 Å². The fourth-order valence-corrected chi connectivity index (χ4v) is 2.70. The van der Waals surface area contributed by atoms with Crippen LogP contribution in [0.4, 0.5) is 11.4 Å². The van der Waals surface area contributed by atoms with Crippen LogP contribution in [-0.2, 0) is 0 Å². The molecule has 1 aromatic heterocycles. The van der Waals surface area contributed by atoms with Gasteiger partial charge in [0.2, 0.25) is 0 Å². The highest BCUT2D eigenvalue weighted by atomic mass is 16.6. The fourth-order valence-electron chi connectivity index (χ4n) is 2.70. The van der Waals surface area contributed by atoms with E-state index in [0.717, 1.165) is 50.3 Å². The Morgan fingerprint density at radius 1 is 1.15 bits per heavy atom. The number of anilines is 2. The van der Waals surface area contributed by atoms with Gasteiger partial charge in [-0.25, -0.2) is 4.63 Å². The summed E-state index contributed by atoms with van der Waals surface area (Å²) in [5.74, 6) is 0. The lowest BCUT2D eigenvalue weighted by atomic mass is 10.2. The van der Waals surface area contributed by atoms with Crippen molar-refractivity contribution in [2.75, 3.05) is 50.0 Å². The fraction of sp³-hybridized carbons (Fsp3) is 0.538. The number of hydrogen-bond donors (Lipinski definition) is 2. The predicted octanol–water partition coefficient (Wildman–Crippen LogP) is 0.309. The van der Waals surface area contributed by atoms with E-state index in [1.165, 1.54) is 0 Å². The summed E-state index contributed by atoms with van der Waals surface area (Å²) in [5.41, 5.74) is 8.82. The van der Waals surface area contributed by atoms with E-state index in [1.54, 1.807) is 0 Å². The summed E-state index contributed by atoms with van der Waals surface area (Å²) in [4.78, 5) is 4.55.